The number of likely N-dealkylation sites (N-methyl/N-ethyl adjacent to an activating group) is 1. The molecule has 0 aliphatic heterocycles. The van der Waals surface area contributed by atoms with Gasteiger partial charge >= 0.3 is 0 Å². The molecule has 2 N–H and O–H groups in total. The Labute approximate surface area is 114 Å². The Bertz CT molecular complexity index is 347. The van der Waals surface area contributed by atoms with Crippen LogP contribution in [0.1, 0.15) is 12.5 Å². The number of ether oxygens (including phenoxy) is 1. The Morgan fingerprint density at radius 3 is 2.65 bits per heavy atom. The lowest BCUT2D eigenvalue weighted by molar-refractivity contribution is 0.251. The fourth-order valence-corrected chi connectivity index (χ4v) is 1.67. The first-order valence-electron chi connectivity index (χ1n) is 5.31. The highest BCUT2D eigenvalue weighted by Crippen LogP contribution is 2.24. The van der Waals surface area contributed by atoms with E-state index in [1.807, 2.05) is 25.2 Å². The zero-order valence-corrected chi connectivity index (χ0v) is 12.0. The van der Waals surface area contributed by atoms with Crippen molar-refractivity contribution in [3.8, 4) is 5.75 Å². The molecule has 0 spiro atoms. The third kappa shape index (κ3) is 4.72. The van der Waals surface area contributed by atoms with Crippen molar-refractivity contribution in [3.63, 3.8) is 0 Å². The molecule has 1 aromatic carbocycles. The summed E-state index contributed by atoms with van der Waals surface area (Å²) >= 11 is 5.97. The van der Waals surface area contributed by atoms with Crippen LogP contribution in [0.3, 0.4) is 0 Å². The van der Waals surface area contributed by atoms with Crippen molar-refractivity contribution in [2.24, 2.45) is 5.73 Å². The Hall–Kier alpha value is -0.480. The van der Waals surface area contributed by atoms with Gasteiger partial charge in [-0.15, -0.1) is 12.4 Å². The molecular formula is C12H20Cl2N2O. The van der Waals surface area contributed by atoms with E-state index in [1.165, 1.54) is 0 Å². The van der Waals surface area contributed by atoms with Crippen molar-refractivity contribution in [1.82, 2.24) is 4.90 Å². The number of halogens is 2. The molecule has 17 heavy (non-hydrogen) atoms. The van der Waals surface area contributed by atoms with Gasteiger partial charge in [0.25, 0.3) is 0 Å². The minimum absolute atomic E-state index is 0. The van der Waals surface area contributed by atoms with Crippen LogP contribution in [0, 0.1) is 0 Å². The van der Waals surface area contributed by atoms with Gasteiger partial charge < -0.3 is 10.5 Å². The SMILES string of the molecule is COc1ccc(Cl)cc1CN(C)C(C)CN.Cl. The lowest BCUT2D eigenvalue weighted by Gasteiger charge is -2.24. The molecule has 1 rings (SSSR count). The summed E-state index contributed by atoms with van der Waals surface area (Å²) in [5.41, 5.74) is 6.71. The van der Waals surface area contributed by atoms with Crippen molar-refractivity contribution < 1.29 is 4.74 Å². The first kappa shape index (κ1) is 16.5. The predicted octanol–water partition coefficient (Wildman–Crippen LogP) is 2.55. The van der Waals surface area contributed by atoms with E-state index < -0.39 is 0 Å². The molecule has 0 heterocycles. The highest BCUT2D eigenvalue weighted by Gasteiger charge is 2.11. The van der Waals surface area contributed by atoms with Gasteiger partial charge in [0, 0.05) is 29.7 Å². The number of hydrogen-bond acceptors (Lipinski definition) is 3. The molecule has 3 nitrogen and oxygen atoms in total. The molecule has 0 saturated heterocycles. The second kappa shape index (κ2) is 7.77. The second-order valence-electron chi connectivity index (χ2n) is 3.96. The molecule has 0 bridgehead atoms. The molecule has 0 aliphatic carbocycles. The summed E-state index contributed by atoms with van der Waals surface area (Å²) < 4.78 is 5.30. The minimum atomic E-state index is 0. The standard InChI is InChI=1S/C12H19ClN2O.ClH/c1-9(7-14)15(2)8-10-6-11(13)4-5-12(10)16-3;/h4-6,9H,7-8,14H2,1-3H3;1H. The van der Waals surface area contributed by atoms with E-state index in [2.05, 4.69) is 11.8 Å². The summed E-state index contributed by atoms with van der Waals surface area (Å²) in [6.45, 7) is 3.51. The number of methoxy groups -OCH3 is 1. The largest absolute Gasteiger partial charge is 0.496 e. The van der Waals surface area contributed by atoms with Gasteiger partial charge in [0.05, 0.1) is 7.11 Å². The lowest BCUT2D eigenvalue weighted by atomic mass is 10.1. The molecule has 0 aromatic heterocycles. The average molecular weight is 279 g/mol. The molecule has 0 saturated carbocycles. The van der Waals surface area contributed by atoms with Crippen LogP contribution in [-0.2, 0) is 6.54 Å². The smallest absolute Gasteiger partial charge is 0.123 e. The van der Waals surface area contributed by atoms with Crippen LogP contribution >= 0.6 is 24.0 Å². The fourth-order valence-electron chi connectivity index (χ4n) is 1.48. The minimum Gasteiger partial charge on any atom is -0.496 e. The van der Waals surface area contributed by atoms with E-state index in [0.29, 0.717) is 12.6 Å². The first-order chi connectivity index (χ1) is 7.58. The Kier molecular flexibility index (Phi) is 7.55. The van der Waals surface area contributed by atoms with E-state index in [9.17, 15) is 0 Å². The van der Waals surface area contributed by atoms with Gasteiger partial charge in [-0.05, 0) is 32.2 Å². The van der Waals surface area contributed by atoms with Gasteiger partial charge in [-0.3, -0.25) is 4.90 Å². The van der Waals surface area contributed by atoms with Crippen LogP contribution in [-0.4, -0.2) is 31.6 Å². The second-order valence-corrected chi connectivity index (χ2v) is 4.39. The van der Waals surface area contributed by atoms with E-state index in [-0.39, 0.29) is 12.4 Å². The molecular weight excluding hydrogens is 259 g/mol. The predicted molar refractivity (Wildman–Crippen MR) is 75.2 cm³/mol. The molecule has 5 heteroatoms. The van der Waals surface area contributed by atoms with Gasteiger partial charge in [-0.1, -0.05) is 11.6 Å². The van der Waals surface area contributed by atoms with Crippen molar-refractivity contribution >= 4 is 24.0 Å². The van der Waals surface area contributed by atoms with E-state index in [1.54, 1.807) is 7.11 Å². The zero-order valence-electron chi connectivity index (χ0n) is 10.4. The molecule has 0 amide bonds. The molecule has 0 fully saturated rings. The van der Waals surface area contributed by atoms with Gasteiger partial charge in [-0.2, -0.15) is 0 Å². The summed E-state index contributed by atoms with van der Waals surface area (Å²) in [7, 11) is 3.71. The van der Waals surface area contributed by atoms with Crippen LogP contribution in [0.5, 0.6) is 5.75 Å². The summed E-state index contributed by atoms with van der Waals surface area (Å²) in [5.74, 6) is 0.862. The first-order valence-corrected chi connectivity index (χ1v) is 5.69. The Morgan fingerprint density at radius 2 is 2.12 bits per heavy atom. The quantitative estimate of drug-likeness (QED) is 0.900. The molecule has 0 aliphatic rings. The van der Waals surface area contributed by atoms with E-state index in [0.717, 1.165) is 22.9 Å². The Balaban J connectivity index is 0.00000256. The van der Waals surface area contributed by atoms with Gasteiger partial charge in [0.15, 0.2) is 0 Å². The van der Waals surface area contributed by atoms with E-state index in [4.69, 9.17) is 22.1 Å². The number of benzene rings is 1. The molecule has 98 valence electrons. The fraction of sp³-hybridized carbons (Fsp3) is 0.500. The van der Waals surface area contributed by atoms with Crippen LogP contribution in [0.15, 0.2) is 18.2 Å². The van der Waals surface area contributed by atoms with Gasteiger partial charge in [-0.25, -0.2) is 0 Å². The van der Waals surface area contributed by atoms with Crippen LogP contribution in [0.25, 0.3) is 0 Å². The van der Waals surface area contributed by atoms with Crippen LogP contribution < -0.4 is 10.5 Å². The zero-order chi connectivity index (χ0) is 12.1. The Morgan fingerprint density at radius 1 is 1.47 bits per heavy atom. The maximum Gasteiger partial charge on any atom is 0.123 e. The molecule has 1 aromatic rings. The summed E-state index contributed by atoms with van der Waals surface area (Å²) in [6.07, 6.45) is 0. The number of hydrogen-bond donors (Lipinski definition) is 1. The molecule has 1 atom stereocenters. The lowest BCUT2D eigenvalue weighted by Crippen LogP contribution is -2.34. The molecule has 1 unspecified atom stereocenters. The summed E-state index contributed by atoms with van der Waals surface area (Å²) in [4.78, 5) is 2.17. The van der Waals surface area contributed by atoms with Crippen molar-refractivity contribution in [2.75, 3.05) is 20.7 Å². The summed E-state index contributed by atoms with van der Waals surface area (Å²) in [6, 6.07) is 5.98. The third-order valence-electron chi connectivity index (χ3n) is 2.76. The number of nitrogens with zero attached hydrogens (tertiary/aromatic N) is 1. The topological polar surface area (TPSA) is 38.5 Å². The van der Waals surface area contributed by atoms with Crippen LogP contribution in [0.4, 0.5) is 0 Å². The van der Waals surface area contributed by atoms with Crippen molar-refractivity contribution in [2.45, 2.75) is 19.5 Å². The highest BCUT2D eigenvalue weighted by molar-refractivity contribution is 6.30. The third-order valence-corrected chi connectivity index (χ3v) is 2.99. The molecule has 0 radical (unpaired) electrons. The van der Waals surface area contributed by atoms with Crippen molar-refractivity contribution in [1.29, 1.82) is 0 Å². The highest BCUT2D eigenvalue weighted by atomic mass is 35.5. The maximum atomic E-state index is 5.97. The number of rotatable bonds is 5. The average Bonchev–Trinajstić information content (AvgIpc) is 2.28. The number of nitrogens with two attached hydrogens (primary N) is 1. The van der Waals surface area contributed by atoms with Gasteiger partial charge in [0.2, 0.25) is 0 Å². The van der Waals surface area contributed by atoms with Gasteiger partial charge in [0.1, 0.15) is 5.75 Å². The van der Waals surface area contributed by atoms with Crippen molar-refractivity contribution in [3.05, 3.63) is 28.8 Å². The summed E-state index contributed by atoms with van der Waals surface area (Å²) in [5, 5.41) is 0.726. The maximum absolute atomic E-state index is 5.97. The van der Waals surface area contributed by atoms with E-state index >= 15 is 0 Å². The van der Waals surface area contributed by atoms with Crippen LogP contribution in [0.2, 0.25) is 5.02 Å². The monoisotopic (exact) mass is 278 g/mol. The normalized spacial score (nSPS) is 12.1.